The third-order valence-corrected chi connectivity index (χ3v) is 12.0. The molecule has 2 atom stereocenters. The highest BCUT2D eigenvalue weighted by Crippen LogP contribution is 2.21. The van der Waals surface area contributed by atoms with Gasteiger partial charge in [-0.3, -0.25) is 9.59 Å². The van der Waals surface area contributed by atoms with Gasteiger partial charge in [0.15, 0.2) is 0 Å². The second-order valence-electron chi connectivity index (χ2n) is 17.6. The van der Waals surface area contributed by atoms with Crippen molar-refractivity contribution in [2.24, 2.45) is 11.8 Å². The van der Waals surface area contributed by atoms with Gasteiger partial charge in [0, 0.05) is 25.9 Å². The zero-order valence-electron chi connectivity index (χ0n) is 38.3. The lowest BCUT2D eigenvalue weighted by molar-refractivity contribution is -0.158. The molecule has 1 aliphatic rings. The van der Waals surface area contributed by atoms with E-state index in [1.807, 2.05) is 0 Å². The number of esters is 3. The highest BCUT2D eigenvalue weighted by molar-refractivity contribution is 5.71. The maximum absolute atomic E-state index is 12.8. The van der Waals surface area contributed by atoms with Crippen molar-refractivity contribution in [3.63, 3.8) is 0 Å². The molecule has 57 heavy (non-hydrogen) atoms. The van der Waals surface area contributed by atoms with Crippen molar-refractivity contribution < 1.29 is 33.3 Å². The molecular weight excluding hydrogens is 715 g/mol. The molecule has 8 nitrogen and oxygen atoms in total. The van der Waals surface area contributed by atoms with Crippen molar-refractivity contribution in [2.75, 3.05) is 40.0 Å². The number of likely N-dealkylation sites (tertiary alicyclic amines) is 1. The second kappa shape index (κ2) is 38.5. The third-order valence-electron chi connectivity index (χ3n) is 12.0. The maximum atomic E-state index is 12.8. The lowest BCUT2D eigenvalue weighted by Gasteiger charge is -2.28. The molecule has 1 fully saturated rings. The van der Waals surface area contributed by atoms with Crippen molar-refractivity contribution in [3.8, 4) is 0 Å². The predicted molar refractivity (Wildman–Crippen MR) is 236 cm³/mol. The van der Waals surface area contributed by atoms with Gasteiger partial charge in [-0.1, -0.05) is 143 Å². The van der Waals surface area contributed by atoms with Crippen LogP contribution in [0, 0.1) is 11.8 Å². The van der Waals surface area contributed by atoms with Crippen LogP contribution in [0.5, 0.6) is 0 Å². The molecule has 8 heteroatoms. The number of hydrogen-bond acceptors (Lipinski definition) is 8. The summed E-state index contributed by atoms with van der Waals surface area (Å²) in [6.45, 7) is 12.2. The molecule has 2 unspecified atom stereocenters. The second-order valence-corrected chi connectivity index (χ2v) is 17.6. The minimum atomic E-state index is -0.244. The molecule has 1 heterocycles. The molecule has 0 aromatic carbocycles. The molecule has 0 amide bonds. The van der Waals surface area contributed by atoms with Crippen LogP contribution in [0.15, 0.2) is 0 Å². The summed E-state index contributed by atoms with van der Waals surface area (Å²) in [5.41, 5.74) is 0. The summed E-state index contributed by atoms with van der Waals surface area (Å²) < 4.78 is 23.4. The Balaban J connectivity index is 2.36. The van der Waals surface area contributed by atoms with E-state index in [-0.39, 0.29) is 36.7 Å². The van der Waals surface area contributed by atoms with Crippen molar-refractivity contribution in [1.29, 1.82) is 0 Å². The SMILES string of the molecule is CCCCCCC(CCCC)COC(=O)CCCCCCCC(CCCCCCCC(=O)OCC(CCCC)CCCCCC)OC(=O)COC1CCN(C)CC1. The Labute approximate surface area is 352 Å². The van der Waals surface area contributed by atoms with Crippen molar-refractivity contribution in [3.05, 3.63) is 0 Å². The van der Waals surface area contributed by atoms with Crippen LogP contribution in [0.4, 0.5) is 0 Å². The largest absolute Gasteiger partial charge is 0.465 e. The lowest BCUT2D eigenvalue weighted by atomic mass is 9.96. The molecule has 1 saturated heterocycles. The van der Waals surface area contributed by atoms with Gasteiger partial charge in [-0.05, 0) is 95.9 Å². The van der Waals surface area contributed by atoms with Crippen molar-refractivity contribution in [1.82, 2.24) is 4.90 Å². The topological polar surface area (TPSA) is 91.4 Å². The standard InChI is InChI=1S/C49H93NO7/c1-6-10-14-22-30-43(28-12-8-3)40-55-47(51)34-26-20-16-18-24-32-46(57-49(53)42-54-45-36-38-50(5)39-37-45)33-25-19-17-21-27-35-48(52)56-41-44(29-13-9-4)31-23-15-11-7-2/h43-46H,6-42H2,1-5H3. The molecular formula is C49H93NO7. The summed E-state index contributed by atoms with van der Waals surface area (Å²) in [7, 11) is 2.12. The number of piperidine rings is 1. The van der Waals surface area contributed by atoms with E-state index in [2.05, 4.69) is 39.6 Å². The van der Waals surface area contributed by atoms with E-state index >= 15 is 0 Å². The van der Waals surface area contributed by atoms with Crippen LogP contribution in [0.25, 0.3) is 0 Å². The van der Waals surface area contributed by atoms with Gasteiger partial charge in [-0.2, -0.15) is 0 Å². The van der Waals surface area contributed by atoms with Gasteiger partial charge in [0.25, 0.3) is 0 Å². The van der Waals surface area contributed by atoms with E-state index in [0.717, 1.165) is 116 Å². The molecule has 336 valence electrons. The Kier molecular flexibility index (Phi) is 36.1. The number of unbranched alkanes of at least 4 members (excludes halogenated alkanes) is 16. The van der Waals surface area contributed by atoms with Crippen LogP contribution in [-0.2, 0) is 33.3 Å². The van der Waals surface area contributed by atoms with Crippen molar-refractivity contribution >= 4 is 17.9 Å². The zero-order valence-corrected chi connectivity index (χ0v) is 38.3. The first-order valence-electron chi connectivity index (χ1n) is 24.6. The van der Waals surface area contributed by atoms with E-state index in [0.29, 0.717) is 37.9 Å². The first kappa shape index (κ1) is 53.3. The van der Waals surface area contributed by atoms with Gasteiger partial charge >= 0.3 is 17.9 Å². The van der Waals surface area contributed by atoms with Crippen LogP contribution in [-0.4, -0.2) is 75.0 Å². The smallest absolute Gasteiger partial charge is 0.332 e. The summed E-state index contributed by atoms with van der Waals surface area (Å²) in [5, 5.41) is 0. The maximum Gasteiger partial charge on any atom is 0.332 e. The molecule has 0 radical (unpaired) electrons. The average molecular weight is 808 g/mol. The van der Waals surface area contributed by atoms with Crippen LogP contribution in [0.3, 0.4) is 0 Å². The van der Waals surface area contributed by atoms with Crippen LogP contribution in [0.1, 0.15) is 233 Å². The van der Waals surface area contributed by atoms with Gasteiger partial charge in [-0.25, -0.2) is 4.79 Å². The minimum absolute atomic E-state index is 0.0352. The monoisotopic (exact) mass is 808 g/mol. The Morgan fingerprint density at radius 3 is 1.33 bits per heavy atom. The Morgan fingerprint density at radius 2 is 0.877 bits per heavy atom. The van der Waals surface area contributed by atoms with Crippen LogP contribution < -0.4 is 0 Å². The Bertz CT molecular complexity index is 883. The molecule has 0 aromatic rings. The number of nitrogens with zero attached hydrogens (tertiary/aromatic N) is 1. The molecule has 0 bridgehead atoms. The molecule has 1 aliphatic heterocycles. The minimum Gasteiger partial charge on any atom is -0.465 e. The summed E-state index contributed by atoms with van der Waals surface area (Å²) in [6, 6.07) is 0. The number of hydrogen-bond donors (Lipinski definition) is 0. The molecule has 0 spiro atoms. The number of rotatable bonds is 40. The molecule has 0 aromatic heterocycles. The summed E-state index contributed by atoms with van der Waals surface area (Å²) >= 11 is 0. The highest BCUT2D eigenvalue weighted by atomic mass is 16.6. The average Bonchev–Trinajstić information content (AvgIpc) is 3.21. The molecule has 0 aliphatic carbocycles. The third kappa shape index (κ3) is 32.8. The molecule has 0 saturated carbocycles. The van der Waals surface area contributed by atoms with Gasteiger partial charge in [0.2, 0.25) is 0 Å². The highest BCUT2D eigenvalue weighted by Gasteiger charge is 2.21. The zero-order chi connectivity index (χ0) is 41.6. The fourth-order valence-corrected chi connectivity index (χ4v) is 8.06. The van der Waals surface area contributed by atoms with E-state index in [1.165, 1.54) is 89.9 Å². The molecule has 1 rings (SSSR count). The van der Waals surface area contributed by atoms with E-state index < -0.39 is 0 Å². The fourth-order valence-electron chi connectivity index (χ4n) is 8.06. The first-order chi connectivity index (χ1) is 27.8. The van der Waals surface area contributed by atoms with Gasteiger partial charge < -0.3 is 23.8 Å². The van der Waals surface area contributed by atoms with E-state index in [9.17, 15) is 14.4 Å². The molecule has 0 N–H and O–H groups in total. The van der Waals surface area contributed by atoms with E-state index in [4.69, 9.17) is 18.9 Å². The number of ether oxygens (including phenoxy) is 4. The predicted octanol–water partition coefficient (Wildman–Crippen LogP) is 13.1. The summed E-state index contributed by atoms with van der Waals surface area (Å²) in [5.74, 6) is 0.684. The number of carbonyl (C=O) groups is 3. The number of carbonyl (C=O) groups excluding carboxylic acids is 3. The van der Waals surface area contributed by atoms with Crippen molar-refractivity contribution in [2.45, 2.75) is 245 Å². The van der Waals surface area contributed by atoms with Gasteiger partial charge in [-0.15, -0.1) is 0 Å². The van der Waals surface area contributed by atoms with Gasteiger partial charge in [0.05, 0.1) is 19.3 Å². The van der Waals surface area contributed by atoms with Gasteiger partial charge in [0.1, 0.15) is 12.7 Å². The fraction of sp³-hybridized carbons (Fsp3) is 0.939. The summed E-state index contributed by atoms with van der Waals surface area (Å²) in [4.78, 5) is 40.1. The quantitative estimate of drug-likeness (QED) is 0.0343. The Hall–Kier alpha value is -1.67. The first-order valence-corrected chi connectivity index (χ1v) is 24.6. The van der Waals surface area contributed by atoms with Crippen LogP contribution >= 0.6 is 0 Å². The normalized spacial score (nSPS) is 15.3. The summed E-state index contributed by atoms with van der Waals surface area (Å²) in [6.07, 6.45) is 34.4. The lowest BCUT2D eigenvalue weighted by Crippen LogP contribution is -2.35. The van der Waals surface area contributed by atoms with Crippen LogP contribution in [0.2, 0.25) is 0 Å². The Morgan fingerprint density at radius 1 is 0.491 bits per heavy atom. The van der Waals surface area contributed by atoms with E-state index in [1.54, 1.807) is 0 Å².